The average Bonchev–Trinajstić information content (AvgIpc) is 1.75. The highest BCUT2D eigenvalue weighted by Gasteiger charge is 2.25. The van der Waals surface area contributed by atoms with E-state index < -0.39 is 0 Å². The smallest absolute Gasteiger partial charge is 0.253 e. The molecule has 0 unspecified atom stereocenters. The van der Waals surface area contributed by atoms with Crippen molar-refractivity contribution in [1.29, 1.82) is 0 Å². The topological polar surface area (TPSA) is 256 Å². The van der Waals surface area contributed by atoms with E-state index in [2.05, 4.69) is 97.9 Å². The minimum atomic E-state index is -0.343. The minimum absolute atomic E-state index is 0. The molecule has 0 aromatic carbocycles. The van der Waals surface area contributed by atoms with Gasteiger partial charge in [-0.3, -0.25) is 58.5 Å². The Kier molecular flexibility index (Phi) is 151. The first kappa shape index (κ1) is 154. The maximum atomic E-state index is 12.3. The predicted octanol–water partition coefficient (Wildman–Crippen LogP) is 12.2. The molecular formula is C76H182F8N12O20. The van der Waals surface area contributed by atoms with Gasteiger partial charge in [0, 0.05) is 136 Å². The number of amides is 3. The number of hydroxylamine groups is 4. The molecule has 40 heteroatoms. The second-order valence-corrected chi connectivity index (χ2v) is 23.1. The van der Waals surface area contributed by atoms with Gasteiger partial charge in [0.15, 0.2) is 0 Å². The van der Waals surface area contributed by atoms with Crippen LogP contribution in [0.5, 0.6) is 0 Å². The van der Waals surface area contributed by atoms with Crippen molar-refractivity contribution in [2.45, 2.75) is 146 Å². The molecule has 32 nitrogen and oxygen atoms in total. The number of rotatable bonds is 76. The second kappa shape index (κ2) is 114. The van der Waals surface area contributed by atoms with Gasteiger partial charge in [0.2, 0.25) is 5.91 Å². The third-order valence-electron chi connectivity index (χ3n) is 14.4. The molecule has 0 aromatic heterocycles. The van der Waals surface area contributed by atoms with Crippen LogP contribution < -0.4 is 5.32 Å². The zero-order chi connectivity index (χ0) is 73.7. The Morgan fingerprint density at radius 2 is 0.517 bits per heavy atom. The molecule has 0 atom stereocenters. The molecule has 1 rings (SSSR count). The molecule has 0 aliphatic carbocycles. The molecule has 3 amide bonds. The highest BCUT2D eigenvalue weighted by Crippen LogP contribution is 2.09. The van der Waals surface area contributed by atoms with Crippen molar-refractivity contribution in [2.24, 2.45) is 5.92 Å². The largest absolute Gasteiger partial charge is 0.378 e. The maximum absolute atomic E-state index is 12.3. The molecule has 0 saturated carbocycles. The third kappa shape index (κ3) is 97.8. The Hall–Kier alpha value is -3.29. The van der Waals surface area contributed by atoms with E-state index in [1.54, 1.807) is 0 Å². The van der Waals surface area contributed by atoms with Gasteiger partial charge in [-0.2, -0.15) is 39.5 Å². The van der Waals surface area contributed by atoms with Gasteiger partial charge < -0.3 is 43.2 Å². The van der Waals surface area contributed by atoms with Crippen molar-refractivity contribution in [3.05, 3.63) is 12.2 Å². The Morgan fingerprint density at radius 1 is 0.319 bits per heavy atom. The predicted molar refractivity (Wildman–Crippen MR) is 454 cm³/mol. The quantitative estimate of drug-likeness (QED) is 0.0195. The molecule has 0 aromatic rings. The number of nitrogens with zero attached hydrogens (tertiary/aromatic N) is 11. The first-order valence-electron chi connectivity index (χ1n) is 33.7. The number of halogens is 8. The van der Waals surface area contributed by atoms with Crippen molar-refractivity contribution in [1.82, 2.24) is 59.5 Å². The second-order valence-electron chi connectivity index (χ2n) is 23.1. The lowest BCUT2D eigenvalue weighted by atomic mass is 10.1. The fourth-order valence-corrected chi connectivity index (χ4v) is 8.85. The van der Waals surface area contributed by atoms with Gasteiger partial charge in [-0.25, -0.2) is 4.94 Å². The van der Waals surface area contributed by atoms with Crippen LogP contribution in [0.15, 0.2) is 12.2 Å². The van der Waals surface area contributed by atoms with E-state index in [1.165, 1.54) is 12.2 Å². The molecule has 0 radical (unpaired) electrons. The van der Waals surface area contributed by atoms with Crippen LogP contribution in [0.1, 0.15) is 146 Å². The van der Waals surface area contributed by atoms with Gasteiger partial charge in [0.25, 0.3) is 11.8 Å². The molecule has 0 spiro atoms. The monoisotopic (exact) mass is 1740 g/mol. The summed E-state index contributed by atoms with van der Waals surface area (Å²) >= 11 is 0. The van der Waals surface area contributed by atoms with E-state index in [0.29, 0.717) is 197 Å². The van der Waals surface area contributed by atoms with Crippen LogP contribution in [0.4, 0.5) is 36.2 Å². The summed E-state index contributed by atoms with van der Waals surface area (Å²) in [5.41, 5.74) is 0. The summed E-state index contributed by atoms with van der Waals surface area (Å²) in [5.74, 6) is -0.269. The molecule has 722 valence electrons. The number of imide groups is 1. The molecule has 1 N–H and O–H groups in total. The molecule has 1 aliphatic rings. The van der Waals surface area contributed by atoms with Crippen LogP contribution in [-0.4, -0.2) is 403 Å². The van der Waals surface area contributed by atoms with Gasteiger partial charge in [-0.15, -0.1) is 10.1 Å². The van der Waals surface area contributed by atoms with Crippen LogP contribution in [0.25, 0.3) is 0 Å². The summed E-state index contributed by atoms with van der Waals surface area (Å²) in [6.45, 7) is 15.6. The Balaban J connectivity index is -0.000000175. The number of hydrogen-bond acceptors (Lipinski definition) is 30. The van der Waals surface area contributed by atoms with E-state index in [-0.39, 0.29) is 255 Å². The molecule has 0 fully saturated rings. The van der Waals surface area contributed by atoms with E-state index in [9.17, 15) is 50.6 Å². The van der Waals surface area contributed by atoms with Crippen molar-refractivity contribution in [2.75, 3.05) is 331 Å². The number of hydrogen-bond donors (Lipinski definition) is 1. The van der Waals surface area contributed by atoms with Crippen molar-refractivity contribution >= 4 is 17.7 Å². The Labute approximate surface area is 702 Å². The molecule has 0 saturated heterocycles. The molecule has 1 heterocycles. The van der Waals surface area contributed by atoms with Gasteiger partial charge in [0.1, 0.15) is 52.9 Å². The van der Waals surface area contributed by atoms with Gasteiger partial charge >= 0.3 is 0 Å². The number of carbonyl (C=O) groups excluding carboxylic acids is 3. The zero-order valence-corrected chi connectivity index (χ0v) is 59.8. The normalized spacial score (nSPS) is 11.1. The van der Waals surface area contributed by atoms with Gasteiger partial charge in [0.05, 0.1) is 132 Å². The summed E-state index contributed by atoms with van der Waals surface area (Å²) in [5, 5.41) is 6.40. The third-order valence-corrected chi connectivity index (χ3v) is 14.4. The van der Waals surface area contributed by atoms with E-state index in [1.807, 2.05) is 38.3 Å². The average molecular weight is 1740 g/mol. The summed E-state index contributed by atoms with van der Waals surface area (Å²) in [4.78, 5) is 87.6. The van der Waals surface area contributed by atoms with Crippen molar-refractivity contribution in [3.63, 3.8) is 0 Å². The van der Waals surface area contributed by atoms with Crippen LogP contribution in [0, 0.1) is 5.92 Å². The fourth-order valence-electron chi connectivity index (χ4n) is 8.85. The summed E-state index contributed by atoms with van der Waals surface area (Å²) in [6, 6.07) is 0. The lowest BCUT2D eigenvalue weighted by Gasteiger charge is -2.38. The van der Waals surface area contributed by atoms with Crippen LogP contribution in [0.2, 0.25) is 0 Å². The SMILES string of the molecule is C.C.C.C.C.C.C.C.C.C.C.C.C.C.C.C.CC(C)CCNC(=O)CCN1C(=O)C=CC1=O.CN(CCN(CCOCCOF)CCOCCOF)CN(CN(C)CCN(CCOCCOF)CCOCCOF)ON(CN(C)CCN(CCOCCOF)CCOCCOF)CN(C)CCN(CCOCCOF)CCOCCOF. The van der Waals surface area contributed by atoms with Crippen LogP contribution in [0.3, 0.4) is 0 Å². The van der Waals surface area contributed by atoms with Gasteiger partial charge in [-0.05, 0) is 76.7 Å². The lowest BCUT2D eigenvalue weighted by molar-refractivity contribution is -0.360. The fraction of sp³-hybridized carbons (Fsp3) is 0.934. The molecular weight excluding hydrogens is 1550 g/mol. The Morgan fingerprint density at radius 3 is 0.698 bits per heavy atom. The molecule has 0 bridgehead atoms. The lowest BCUT2D eigenvalue weighted by Crippen LogP contribution is -2.52. The molecule has 116 heavy (non-hydrogen) atoms. The minimum Gasteiger partial charge on any atom is -0.378 e. The van der Waals surface area contributed by atoms with Crippen LogP contribution in [-0.2, 0) is 96.7 Å². The number of nitrogens with one attached hydrogen (secondary N) is 1. The summed E-state index contributed by atoms with van der Waals surface area (Å²) < 4.78 is 143. The summed E-state index contributed by atoms with van der Waals surface area (Å²) in [6.07, 6.45) is 3.53. The van der Waals surface area contributed by atoms with Crippen LogP contribution >= 0.6 is 0 Å². The summed E-state index contributed by atoms with van der Waals surface area (Å²) in [7, 11) is 7.78. The highest BCUT2D eigenvalue weighted by atomic mass is 19.3. The number of likely N-dealkylation sites (N-methyl/N-ethyl adjacent to an activating group) is 4. The van der Waals surface area contributed by atoms with Crippen molar-refractivity contribution in [3.8, 4) is 0 Å². The van der Waals surface area contributed by atoms with E-state index in [4.69, 9.17) is 42.8 Å². The standard InChI is InChI=1S/C48H100F8N10O17.C12H18N2O3.16CH4/c1-57(5-9-61(13-21-67-29-37-75-49)14-22-68-30-38-76-50)45-65(46-58(2)6-10-62(15-23-69-31-39-77-51)16-24-70-32-40-78-52)83-66(47-59(3)7-11-63(17-25-71-33-41-79-53)18-26-72-34-42-80-54)48-60(4)8-12-64(19-27-73-35-43-81-55)20-28-74-36-44-82-56;1-9(2)5-7-13-10(15)6-8-14-11(16)3-4-12(14)17;;;;;;;;;;;;;;;;/h5-48H2,1-4H3;3-4,9H,5-8H2,1-2H3,(H,13,15);16*1H4. The first-order valence-corrected chi connectivity index (χ1v) is 33.7. The van der Waals surface area contributed by atoms with E-state index >= 15 is 0 Å². The molecule has 1 aliphatic heterocycles. The van der Waals surface area contributed by atoms with E-state index in [0.717, 1.165) is 11.3 Å². The highest BCUT2D eigenvalue weighted by molar-refractivity contribution is 6.13. The van der Waals surface area contributed by atoms with Gasteiger partial charge in [-0.1, -0.05) is 133 Å². The van der Waals surface area contributed by atoms with Crippen molar-refractivity contribution < 1.29 is 133 Å². The number of ether oxygens (including phenoxy) is 8. The zero-order valence-electron chi connectivity index (χ0n) is 59.8. The maximum Gasteiger partial charge on any atom is 0.253 e. The first-order chi connectivity index (χ1) is 48.6. The Bertz CT molecular complexity index is 1640. The number of carbonyl (C=O) groups is 3.